The van der Waals surface area contributed by atoms with Crippen molar-refractivity contribution in [3.05, 3.63) is 0 Å². The predicted molar refractivity (Wildman–Crippen MR) is 68.6 cm³/mol. The van der Waals surface area contributed by atoms with E-state index in [2.05, 4.69) is 33.0 Å². The van der Waals surface area contributed by atoms with Gasteiger partial charge in [0.25, 0.3) is 0 Å². The Morgan fingerprint density at radius 3 is 2.12 bits per heavy atom. The molecule has 0 bridgehead atoms. The van der Waals surface area contributed by atoms with Crippen LogP contribution < -0.4 is 5.32 Å². The van der Waals surface area contributed by atoms with Gasteiger partial charge in [0, 0.05) is 19.3 Å². The maximum atomic E-state index is 5.51. The summed E-state index contributed by atoms with van der Waals surface area (Å²) < 4.78 is 10.9. The standard InChI is InChI=1S/C13H29NO2/c1-12(2)7-5-8-15-9-6-10-16-11-14-13(3)4/h12-14H,5-11H2,1-4H3. The summed E-state index contributed by atoms with van der Waals surface area (Å²) in [4.78, 5) is 0. The van der Waals surface area contributed by atoms with Crippen molar-refractivity contribution < 1.29 is 9.47 Å². The van der Waals surface area contributed by atoms with E-state index < -0.39 is 0 Å². The lowest BCUT2D eigenvalue weighted by Crippen LogP contribution is -2.25. The van der Waals surface area contributed by atoms with Gasteiger partial charge < -0.3 is 9.47 Å². The molecule has 0 saturated carbocycles. The van der Waals surface area contributed by atoms with Crippen molar-refractivity contribution in [3.63, 3.8) is 0 Å². The molecule has 1 N–H and O–H groups in total. The van der Waals surface area contributed by atoms with Crippen LogP contribution in [0.1, 0.15) is 47.0 Å². The van der Waals surface area contributed by atoms with Gasteiger partial charge in [0.2, 0.25) is 0 Å². The van der Waals surface area contributed by atoms with E-state index in [0.717, 1.165) is 32.2 Å². The summed E-state index contributed by atoms with van der Waals surface area (Å²) in [7, 11) is 0. The van der Waals surface area contributed by atoms with Crippen LogP contribution in [-0.2, 0) is 9.47 Å². The fraction of sp³-hybridized carbons (Fsp3) is 1.00. The molecule has 0 spiro atoms. The fourth-order valence-electron chi connectivity index (χ4n) is 1.26. The second kappa shape index (κ2) is 11.4. The highest BCUT2D eigenvalue weighted by Gasteiger charge is 1.95. The highest BCUT2D eigenvalue weighted by Crippen LogP contribution is 2.03. The van der Waals surface area contributed by atoms with Gasteiger partial charge in [-0.1, -0.05) is 13.8 Å². The van der Waals surface area contributed by atoms with Crippen LogP contribution in [0.15, 0.2) is 0 Å². The van der Waals surface area contributed by atoms with Gasteiger partial charge in [-0.25, -0.2) is 0 Å². The molecule has 3 nitrogen and oxygen atoms in total. The Hall–Kier alpha value is -0.120. The number of hydrogen-bond donors (Lipinski definition) is 1. The van der Waals surface area contributed by atoms with Crippen molar-refractivity contribution >= 4 is 0 Å². The molecular formula is C13H29NO2. The van der Waals surface area contributed by atoms with E-state index in [-0.39, 0.29) is 0 Å². The zero-order valence-corrected chi connectivity index (χ0v) is 11.4. The zero-order valence-electron chi connectivity index (χ0n) is 11.4. The minimum absolute atomic E-state index is 0.493. The molecule has 16 heavy (non-hydrogen) atoms. The van der Waals surface area contributed by atoms with Crippen molar-refractivity contribution in [2.45, 2.75) is 53.0 Å². The summed E-state index contributed by atoms with van der Waals surface area (Å²) >= 11 is 0. The van der Waals surface area contributed by atoms with Crippen LogP contribution in [0.5, 0.6) is 0 Å². The minimum Gasteiger partial charge on any atom is -0.381 e. The van der Waals surface area contributed by atoms with Crippen molar-refractivity contribution in [1.29, 1.82) is 0 Å². The van der Waals surface area contributed by atoms with Gasteiger partial charge >= 0.3 is 0 Å². The molecule has 0 unspecified atom stereocenters. The maximum absolute atomic E-state index is 5.51. The Balaban J connectivity index is 2.93. The first-order chi connectivity index (χ1) is 7.63. The van der Waals surface area contributed by atoms with Gasteiger partial charge in [-0.05, 0) is 39.0 Å². The first-order valence-electron chi connectivity index (χ1n) is 6.51. The quantitative estimate of drug-likeness (QED) is 0.438. The van der Waals surface area contributed by atoms with Gasteiger partial charge in [0.1, 0.15) is 0 Å². The van der Waals surface area contributed by atoms with Crippen LogP contribution in [0.2, 0.25) is 0 Å². The minimum atomic E-state index is 0.493. The number of hydrogen-bond acceptors (Lipinski definition) is 3. The Kier molecular flexibility index (Phi) is 11.3. The van der Waals surface area contributed by atoms with Gasteiger partial charge in [0.05, 0.1) is 13.3 Å². The van der Waals surface area contributed by atoms with Crippen LogP contribution in [0.4, 0.5) is 0 Å². The summed E-state index contributed by atoms with van der Waals surface area (Å²) in [5, 5.41) is 3.21. The maximum Gasteiger partial charge on any atom is 0.0967 e. The van der Waals surface area contributed by atoms with Gasteiger partial charge in [-0.15, -0.1) is 0 Å². The molecule has 0 aliphatic heterocycles. The average Bonchev–Trinajstić information content (AvgIpc) is 2.20. The first-order valence-corrected chi connectivity index (χ1v) is 6.51. The normalized spacial score (nSPS) is 11.6. The molecule has 0 aromatic rings. The molecule has 0 amide bonds. The smallest absolute Gasteiger partial charge is 0.0967 e. The van der Waals surface area contributed by atoms with Crippen molar-refractivity contribution in [1.82, 2.24) is 5.32 Å². The van der Waals surface area contributed by atoms with Gasteiger partial charge in [-0.3, -0.25) is 5.32 Å². The molecule has 0 atom stereocenters. The fourth-order valence-corrected chi connectivity index (χ4v) is 1.26. The third-order valence-electron chi connectivity index (χ3n) is 2.24. The van der Waals surface area contributed by atoms with Crippen LogP contribution in [0.25, 0.3) is 0 Å². The Morgan fingerprint density at radius 1 is 0.875 bits per heavy atom. The second-order valence-corrected chi connectivity index (χ2v) is 4.91. The summed E-state index contributed by atoms with van der Waals surface area (Å²) in [6.07, 6.45) is 3.42. The second-order valence-electron chi connectivity index (χ2n) is 4.91. The van der Waals surface area contributed by atoms with E-state index in [4.69, 9.17) is 9.47 Å². The topological polar surface area (TPSA) is 30.5 Å². The molecule has 0 aliphatic carbocycles. The van der Waals surface area contributed by atoms with Gasteiger partial charge in [-0.2, -0.15) is 0 Å². The molecule has 0 heterocycles. The average molecular weight is 231 g/mol. The van der Waals surface area contributed by atoms with E-state index in [9.17, 15) is 0 Å². The lowest BCUT2D eigenvalue weighted by atomic mass is 10.1. The Bertz CT molecular complexity index is 122. The lowest BCUT2D eigenvalue weighted by Gasteiger charge is -2.09. The molecule has 0 aromatic carbocycles. The summed E-state index contributed by atoms with van der Waals surface area (Å²) in [6.45, 7) is 11.9. The monoisotopic (exact) mass is 231 g/mol. The lowest BCUT2D eigenvalue weighted by molar-refractivity contribution is 0.0704. The van der Waals surface area contributed by atoms with E-state index in [1.807, 2.05) is 0 Å². The third-order valence-corrected chi connectivity index (χ3v) is 2.24. The highest BCUT2D eigenvalue weighted by atomic mass is 16.5. The number of rotatable bonds is 11. The van der Waals surface area contributed by atoms with Crippen LogP contribution in [0, 0.1) is 5.92 Å². The molecule has 0 fully saturated rings. The van der Waals surface area contributed by atoms with Crippen LogP contribution in [0.3, 0.4) is 0 Å². The van der Waals surface area contributed by atoms with Gasteiger partial charge in [0.15, 0.2) is 0 Å². The molecule has 0 aliphatic rings. The van der Waals surface area contributed by atoms with E-state index >= 15 is 0 Å². The van der Waals surface area contributed by atoms with Crippen molar-refractivity contribution in [2.75, 3.05) is 26.6 Å². The first kappa shape index (κ1) is 15.9. The largest absolute Gasteiger partial charge is 0.381 e. The molecule has 0 aromatic heterocycles. The van der Waals surface area contributed by atoms with Crippen LogP contribution in [-0.4, -0.2) is 32.6 Å². The van der Waals surface area contributed by atoms with Crippen LogP contribution >= 0.6 is 0 Å². The summed E-state index contributed by atoms with van der Waals surface area (Å²) in [5.74, 6) is 0.786. The molecule has 0 radical (unpaired) electrons. The number of ether oxygens (including phenoxy) is 2. The molecular weight excluding hydrogens is 202 g/mol. The van der Waals surface area contributed by atoms with Crippen molar-refractivity contribution in [3.8, 4) is 0 Å². The summed E-state index contributed by atoms with van der Waals surface area (Å²) in [6, 6.07) is 0.493. The van der Waals surface area contributed by atoms with E-state index in [1.54, 1.807) is 0 Å². The predicted octanol–water partition coefficient (Wildman–Crippen LogP) is 2.80. The molecule has 0 rings (SSSR count). The van der Waals surface area contributed by atoms with E-state index in [1.165, 1.54) is 12.8 Å². The molecule has 0 saturated heterocycles. The Morgan fingerprint density at radius 2 is 1.50 bits per heavy atom. The Labute approximate surface area is 101 Å². The van der Waals surface area contributed by atoms with E-state index in [0.29, 0.717) is 12.8 Å². The SMILES string of the molecule is CC(C)CCCOCCCOCNC(C)C. The van der Waals surface area contributed by atoms with Crippen molar-refractivity contribution in [2.24, 2.45) is 5.92 Å². The highest BCUT2D eigenvalue weighted by molar-refractivity contribution is 4.46. The molecule has 98 valence electrons. The molecule has 3 heteroatoms. The number of nitrogens with one attached hydrogen (secondary N) is 1. The zero-order chi connectivity index (χ0) is 12.2. The third kappa shape index (κ3) is 13.9. The summed E-state index contributed by atoms with van der Waals surface area (Å²) in [5.41, 5.74) is 0.